The predicted octanol–water partition coefficient (Wildman–Crippen LogP) is 4.63. The van der Waals surface area contributed by atoms with Gasteiger partial charge in [0.05, 0.1) is 20.1 Å². The number of hydrogen-bond donors (Lipinski definition) is 0. The van der Waals surface area contributed by atoms with Crippen molar-refractivity contribution in [3.8, 4) is 0 Å². The van der Waals surface area contributed by atoms with Crippen molar-refractivity contribution in [1.29, 1.82) is 0 Å². The number of halogens is 1. The van der Waals surface area contributed by atoms with Gasteiger partial charge in [0.2, 0.25) is 10.0 Å². The van der Waals surface area contributed by atoms with Crippen molar-refractivity contribution < 1.29 is 8.42 Å². The third-order valence-electron chi connectivity index (χ3n) is 4.48. The molecule has 0 saturated carbocycles. The Labute approximate surface area is 159 Å². The van der Waals surface area contributed by atoms with Crippen LogP contribution in [0.1, 0.15) is 23.8 Å². The average molecular weight is 437 g/mol. The molecule has 4 rings (SSSR count). The lowest BCUT2D eigenvalue weighted by Crippen LogP contribution is -2.39. The highest BCUT2D eigenvalue weighted by atomic mass is 79.9. The van der Waals surface area contributed by atoms with E-state index >= 15 is 0 Å². The molecule has 0 N–H and O–H groups in total. The molecular weight excluding hydrogens is 420 g/mol. The number of rotatable bonds is 3. The maximum absolute atomic E-state index is 13.0. The maximum atomic E-state index is 13.0. The van der Waals surface area contributed by atoms with Crippen LogP contribution < -0.4 is 0 Å². The highest BCUT2D eigenvalue weighted by Crippen LogP contribution is 2.34. The van der Waals surface area contributed by atoms with Crippen molar-refractivity contribution in [1.82, 2.24) is 9.29 Å². The molecule has 1 aromatic heterocycles. The molecule has 7 heteroatoms. The Morgan fingerprint density at radius 3 is 2.80 bits per heavy atom. The Bertz CT molecular complexity index is 984. The topological polar surface area (TPSA) is 50.3 Å². The van der Waals surface area contributed by atoms with E-state index in [0.29, 0.717) is 18.0 Å². The van der Waals surface area contributed by atoms with Crippen molar-refractivity contribution in [2.24, 2.45) is 0 Å². The lowest BCUT2D eigenvalue weighted by molar-refractivity contribution is 0.315. The Morgan fingerprint density at radius 1 is 1.16 bits per heavy atom. The van der Waals surface area contributed by atoms with Gasteiger partial charge in [0, 0.05) is 23.5 Å². The Kier molecular flexibility index (Phi) is 4.66. The molecule has 0 radical (unpaired) electrons. The number of benzene rings is 2. The number of hydrogen-bond acceptors (Lipinski definition) is 4. The molecule has 1 saturated heterocycles. The van der Waals surface area contributed by atoms with Crippen LogP contribution in [0.4, 0.5) is 0 Å². The number of sulfonamides is 1. The zero-order valence-electron chi connectivity index (χ0n) is 13.4. The zero-order chi connectivity index (χ0) is 17.4. The number of para-hydroxylation sites is 1. The highest BCUT2D eigenvalue weighted by Gasteiger charge is 2.32. The van der Waals surface area contributed by atoms with Gasteiger partial charge in [-0.25, -0.2) is 13.4 Å². The third kappa shape index (κ3) is 3.38. The van der Waals surface area contributed by atoms with Gasteiger partial charge >= 0.3 is 0 Å². The van der Waals surface area contributed by atoms with E-state index in [-0.39, 0.29) is 5.92 Å². The molecule has 4 nitrogen and oxygen atoms in total. The van der Waals surface area contributed by atoms with Crippen molar-refractivity contribution in [2.75, 3.05) is 13.1 Å². The van der Waals surface area contributed by atoms with Gasteiger partial charge in [-0.05, 0) is 43.2 Å². The lowest BCUT2D eigenvalue weighted by Gasteiger charge is -2.31. The molecule has 0 bridgehead atoms. The Hall–Kier alpha value is -1.28. The maximum Gasteiger partial charge on any atom is 0.243 e. The summed E-state index contributed by atoms with van der Waals surface area (Å²) < 4.78 is 29.5. The molecule has 0 unspecified atom stereocenters. The average Bonchev–Trinajstić information content (AvgIpc) is 3.06. The second-order valence-corrected chi connectivity index (χ2v) is 10.1. The SMILES string of the molecule is O=S(=O)(c1cccc(Br)c1)N1CCC[C@H](c2nc3ccccc3s2)C1. The minimum absolute atomic E-state index is 0.160. The van der Waals surface area contributed by atoms with Crippen molar-refractivity contribution >= 4 is 47.5 Å². The van der Waals surface area contributed by atoms with E-state index in [1.165, 1.54) is 0 Å². The van der Waals surface area contributed by atoms with Crippen LogP contribution in [0.15, 0.2) is 57.9 Å². The first-order chi connectivity index (χ1) is 12.0. The fourth-order valence-electron chi connectivity index (χ4n) is 3.20. The Balaban J connectivity index is 1.62. The smallest absolute Gasteiger partial charge is 0.241 e. The van der Waals surface area contributed by atoms with E-state index in [2.05, 4.69) is 22.0 Å². The van der Waals surface area contributed by atoms with Crippen molar-refractivity contribution in [3.63, 3.8) is 0 Å². The van der Waals surface area contributed by atoms with Gasteiger partial charge in [0.1, 0.15) is 0 Å². The third-order valence-corrected chi connectivity index (χ3v) is 8.03. The molecule has 130 valence electrons. The van der Waals surface area contributed by atoms with Crippen LogP contribution in [0, 0.1) is 0 Å². The van der Waals surface area contributed by atoms with E-state index < -0.39 is 10.0 Å². The summed E-state index contributed by atoms with van der Waals surface area (Å²) in [6, 6.07) is 15.0. The minimum Gasteiger partial charge on any atom is -0.241 e. The van der Waals surface area contributed by atoms with Gasteiger partial charge < -0.3 is 0 Å². The number of thiazole rings is 1. The van der Waals surface area contributed by atoms with Crippen molar-refractivity contribution in [2.45, 2.75) is 23.7 Å². The standard InChI is InChI=1S/C18H17BrN2O2S2/c19-14-6-3-7-15(11-14)25(22,23)21-10-4-5-13(12-21)18-20-16-8-1-2-9-17(16)24-18/h1-3,6-9,11,13H,4-5,10,12H2/t13-/m0/s1. The number of nitrogens with zero attached hydrogens (tertiary/aromatic N) is 2. The molecule has 1 fully saturated rings. The van der Waals surface area contributed by atoms with Crippen molar-refractivity contribution in [3.05, 3.63) is 58.0 Å². The van der Waals surface area contributed by atoms with Gasteiger partial charge in [-0.2, -0.15) is 4.31 Å². The molecule has 3 aromatic rings. The quantitative estimate of drug-likeness (QED) is 0.601. The molecule has 1 aliphatic rings. The van der Waals surface area contributed by atoms with E-state index in [4.69, 9.17) is 4.98 Å². The largest absolute Gasteiger partial charge is 0.243 e. The minimum atomic E-state index is -3.48. The second kappa shape index (κ2) is 6.79. The number of fused-ring (bicyclic) bond motifs is 1. The fraction of sp³-hybridized carbons (Fsp3) is 0.278. The van der Waals surface area contributed by atoms with Crippen LogP contribution in [0.3, 0.4) is 0 Å². The fourth-order valence-corrected chi connectivity index (χ4v) is 6.42. The monoisotopic (exact) mass is 436 g/mol. The Morgan fingerprint density at radius 2 is 2.00 bits per heavy atom. The van der Waals surface area contributed by atoms with E-state index in [9.17, 15) is 8.42 Å². The summed E-state index contributed by atoms with van der Waals surface area (Å²) in [7, 11) is -3.48. The van der Waals surface area contributed by atoms with Crippen LogP contribution >= 0.6 is 27.3 Å². The summed E-state index contributed by atoms with van der Waals surface area (Å²) in [5.41, 5.74) is 0.995. The molecule has 1 atom stereocenters. The first-order valence-corrected chi connectivity index (χ1v) is 11.2. The summed E-state index contributed by atoms with van der Waals surface area (Å²) >= 11 is 5.03. The number of aromatic nitrogens is 1. The molecule has 25 heavy (non-hydrogen) atoms. The van der Waals surface area contributed by atoms with Gasteiger partial charge in [0.15, 0.2) is 0 Å². The van der Waals surface area contributed by atoms with Gasteiger partial charge in [-0.1, -0.05) is 34.1 Å². The summed E-state index contributed by atoms with van der Waals surface area (Å²) in [5, 5.41) is 1.04. The van der Waals surface area contributed by atoms with Gasteiger partial charge in [-0.3, -0.25) is 0 Å². The molecule has 1 aliphatic heterocycles. The van der Waals surface area contributed by atoms with Crippen LogP contribution in [0.5, 0.6) is 0 Å². The summed E-state index contributed by atoms with van der Waals surface area (Å²) in [6.07, 6.45) is 1.83. The normalized spacial score (nSPS) is 19.3. The second-order valence-electron chi connectivity index (χ2n) is 6.18. The van der Waals surface area contributed by atoms with Crippen LogP contribution in [0.2, 0.25) is 0 Å². The summed E-state index contributed by atoms with van der Waals surface area (Å²) in [6.45, 7) is 1.06. The molecule has 2 aromatic carbocycles. The molecule has 0 spiro atoms. The van der Waals surface area contributed by atoms with Gasteiger partial charge in [-0.15, -0.1) is 11.3 Å². The van der Waals surface area contributed by atoms with Crippen LogP contribution in [-0.2, 0) is 10.0 Å². The molecule has 2 heterocycles. The van der Waals surface area contributed by atoms with E-state index in [0.717, 1.165) is 32.5 Å². The molecule has 0 aliphatic carbocycles. The van der Waals surface area contributed by atoms with Gasteiger partial charge in [0.25, 0.3) is 0 Å². The summed E-state index contributed by atoms with van der Waals surface area (Å²) in [4.78, 5) is 5.07. The first-order valence-electron chi connectivity index (χ1n) is 8.15. The van der Waals surface area contributed by atoms with E-state index in [1.54, 1.807) is 33.8 Å². The van der Waals surface area contributed by atoms with Crippen LogP contribution in [0.25, 0.3) is 10.2 Å². The highest BCUT2D eigenvalue weighted by molar-refractivity contribution is 9.10. The zero-order valence-corrected chi connectivity index (χ0v) is 16.6. The molecular formula is C18H17BrN2O2S2. The lowest BCUT2D eigenvalue weighted by atomic mass is 10.0. The first kappa shape index (κ1) is 17.1. The predicted molar refractivity (Wildman–Crippen MR) is 104 cm³/mol. The summed E-state index contributed by atoms with van der Waals surface area (Å²) in [5.74, 6) is 0.160. The van der Waals surface area contributed by atoms with Crippen LogP contribution in [-0.4, -0.2) is 30.8 Å². The molecule has 0 amide bonds. The number of piperidine rings is 1. The van der Waals surface area contributed by atoms with E-state index in [1.807, 2.05) is 24.3 Å².